The zero-order valence-corrected chi connectivity index (χ0v) is 11.8. The van der Waals surface area contributed by atoms with Gasteiger partial charge in [0.15, 0.2) is 5.58 Å². The van der Waals surface area contributed by atoms with E-state index >= 15 is 0 Å². The molecule has 1 amide bonds. The average Bonchev–Trinajstić information content (AvgIpc) is 2.80. The van der Waals surface area contributed by atoms with Gasteiger partial charge in [-0.2, -0.15) is 0 Å². The molecule has 1 aromatic carbocycles. The Balaban J connectivity index is 1.95. The number of nitrogens with one attached hydrogen (secondary N) is 1. The van der Waals surface area contributed by atoms with Crippen molar-refractivity contribution in [2.45, 2.75) is 38.7 Å². The lowest BCUT2D eigenvalue weighted by Gasteiger charge is -2.22. The van der Waals surface area contributed by atoms with E-state index in [4.69, 9.17) is 4.52 Å². The summed E-state index contributed by atoms with van der Waals surface area (Å²) < 4.78 is 5.15. The molecule has 5 nitrogen and oxygen atoms in total. The Morgan fingerprint density at radius 3 is 2.95 bits per heavy atom. The maximum Gasteiger partial charge on any atom is 0.226 e. The number of rotatable bonds is 6. The molecule has 2 aromatic rings. The van der Waals surface area contributed by atoms with Crippen LogP contribution in [0.4, 0.5) is 0 Å². The lowest BCUT2D eigenvalue weighted by atomic mass is 10.0. The van der Waals surface area contributed by atoms with Crippen LogP contribution in [0, 0.1) is 0 Å². The van der Waals surface area contributed by atoms with Crippen LogP contribution in [0.1, 0.15) is 32.4 Å². The van der Waals surface area contributed by atoms with E-state index in [9.17, 15) is 9.90 Å². The van der Waals surface area contributed by atoms with Gasteiger partial charge in [0.05, 0.1) is 12.0 Å². The smallest absolute Gasteiger partial charge is 0.226 e. The van der Waals surface area contributed by atoms with Gasteiger partial charge in [0.2, 0.25) is 5.91 Å². The number of carbonyl (C=O) groups excluding carboxylic acids is 1. The SMILES string of the molecule is CCCC(C)(O)CNC(=O)Cc1noc2ccccc12. The fourth-order valence-corrected chi connectivity index (χ4v) is 2.20. The third-order valence-electron chi connectivity index (χ3n) is 3.24. The molecule has 0 bridgehead atoms. The first-order valence-corrected chi connectivity index (χ1v) is 6.84. The fourth-order valence-electron chi connectivity index (χ4n) is 2.20. The number of aliphatic hydroxyl groups is 1. The van der Waals surface area contributed by atoms with Crippen molar-refractivity contribution in [3.8, 4) is 0 Å². The summed E-state index contributed by atoms with van der Waals surface area (Å²) in [6.07, 6.45) is 1.68. The second-order valence-corrected chi connectivity index (χ2v) is 5.33. The largest absolute Gasteiger partial charge is 0.388 e. The van der Waals surface area contributed by atoms with E-state index in [0.717, 1.165) is 11.8 Å². The van der Waals surface area contributed by atoms with Crippen LogP contribution in [0.2, 0.25) is 0 Å². The monoisotopic (exact) mass is 276 g/mol. The molecule has 20 heavy (non-hydrogen) atoms. The second-order valence-electron chi connectivity index (χ2n) is 5.33. The molecule has 0 radical (unpaired) electrons. The fraction of sp³-hybridized carbons (Fsp3) is 0.467. The normalized spacial score (nSPS) is 14.2. The van der Waals surface area contributed by atoms with Gasteiger partial charge in [-0.3, -0.25) is 4.79 Å². The van der Waals surface area contributed by atoms with Gasteiger partial charge in [-0.1, -0.05) is 30.6 Å². The molecule has 2 rings (SSSR count). The minimum absolute atomic E-state index is 0.152. The zero-order valence-electron chi connectivity index (χ0n) is 11.8. The van der Waals surface area contributed by atoms with Crippen LogP contribution >= 0.6 is 0 Å². The molecule has 0 aliphatic carbocycles. The van der Waals surface area contributed by atoms with Gasteiger partial charge in [0, 0.05) is 11.9 Å². The van der Waals surface area contributed by atoms with Crippen molar-refractivity contribution in [3.05, 3.63) is 30.0 Å². The van der Waals surface area contributed by atoms with Gasteiger partial charge in [-0.15, -0.1) is 0 Å². The summed E-state index contributed by atoms with van der Waals surface area (Å²) >= 11 is 0. The molecular formula is C15H20N2O3. The molecule has 0 aliphatic heterocycles. The van der Waals surface area contributed by atoms with Crippen LogP contribution in [0.3, 0.4) is 0 Å². The van der Waals surface area contributed by atoms with E-state index in [2.05, 4.69) is 10.5 Å². The second kappa shape index (κ2) is 6.05. The Labute approximate surface area is 118 Å². The van der Waals surface area contributed by atoms with E-state index in [1.54, 1.807) is 6.92 Å². The average molecular weight is 276 g/mol. The number of carbonyl (C=O) groups is 1. The molecule has 0 spiro atoms. The Bertz CT molecular complexity index is 590. The highest BCUT2D eigenvalue weighted by Gasteiger charge is 2.20. The van der Waals surface area contributed by atoms with Crippen LogP contribution in [-0.2, 0) is 11.2 Å². The topological polar surface area (TPSA) is 75.4 Å². The molecular weight excluding hydrogens is 256 g/mol. The number of hydrogen-bond donors (Lipinski definition) is 2. The zero-order chi connectivity index (χ0) is 14.6. The highest BCUT2D eigenvalue weighted by atomic mass is 16.5. The molecule has 108 valence electrons. The summed E-state index contributed by atoms with van der Waals surface area (Å²) in [6.45, 7) is 3.97. The van der Waals surface area contributed by atoms with E-state index in [1.807, 2.05) is 31.2 Å². The summed E-state index contributed by atoms with van der Waals surface area (Å²) in [5, 5.41) is 17.5. The number of nitrogens with zero attached hydrogens (tertiary/aromatic N) is 1. The first-order chi connectivity index (χ1) is 9.52. The van der Waals surface area contributed by atoms with Gasteiger partial charge in [-0.25, -0.2) is 0 Å². The van der Waals surface area contributed by atoms with Crippen LogP contribution in [-0.4, -0.2) is 28.3 Å². The lowest BCUT2D eigenvalue weighted by Crippen LogP contribution is -2.41. The number of hydrogen-bond acceptors (Lipinski definition) is 4. The third kappa shape index (κ3) is 3.57. The highest BCUT2D eigenvalue weighted by molar-refractivity contribution is 5.86. The van der Waals surface area contributed by atoms with Crippen molar-refractivity contribution in [1.29, 1.82) is 0 Å². The molecule has 1 atom stereocenters. The van der Waals surface area contributed by atoms with Gasteiger partial charge < -0.3 is 14.9 Å². The Hall–Kier alpha value is -1.88. The summed E-state index contributed by atoms with van der Waals surface area (Å²) in [5.41, 5.74) is 0.428. The predicted molar refractivity (Wildman–Crippen MR) is 76.3 cm³/mol. The van der Waals surface area contributed by atoms with Gasteiger partial charge >= 0.3 is 0 Å². The number of amides is 1. The van der Waals surface area contributed by atoms with Gasteiger partial charge in [-0.05, 0) is 25.5 Å². The third-order valence-corrected chi connectivity index (χ3v) is 3.24. The van der Waals surface area contributed by atoms with Crippen molar-refractivity contribution >= 4 is 16.9 Å². The van der Waals surface area contributed by atoms with Crippen molar-refractivity contribution in [3.63, 3.8) is 0 Å². The van der Waals surface area contributed by atoms with E-state index < -0.39 is 5.60 Å². The van der Waals surface area contributed by atoms with Crippen LogP contribution in [0.25, 0.3) is 11.0 Å². The minimum atomic E-state index is -0.865. The van der Waals surface area contributed by atoms with Crippen LogP contribution < -0.4 is 5.32 Å². The highest BCUT2D eigenvalue weighted by Crippen LogP contribution is 2.18. The molecule has 0 aliphatic rings. The van der Waals surface area contributed by atoms with Crippen molar-refractivity contribution in [2.24, 2.45) is 0 Å². The summed E-state index contributed by atoms with van der Waals surface area (Å²) in [6, 6.07) is 7.43. The molecule has 2 N–H and O–H groups in total. The van der Waals surface area contributed by atoms with Crippen molar-refractivity contribution in [2.75, 3.05) is 6.54 Å². The maximum absolute atomic E-state index is 11.9. The van der Waals surface area contributed by atoms with E-state index in [0.29, 0.717) is 17.7 Å². The van der Waals surface area contributed by atoms with Crippen LogP contribution in [0.15, 0.2) is 28.8 Å². The maximum atomic E-state index is 11.9. The summed E-state index contributed by atoms with van der Waals surface area (Å²) in [7, 11) is 0. The molecule has 5 heteroatoms. The molecule has 1 unspecified atom stereocenters. The number of benzene rings is 1. The molecule has 1 aromatic heterocycles. The van der Waals surface area contributed by atoms with E-state index in [-0.39, 0.29) is 18.9 Å². The Morgan fingerprint density at radius 2 is 2.20 bits per heavy atom. The standard InChI is InChI=1S/C15H20N2O3/c1-3-8-15(2,19)10-16-14(18)9-12-11-6-4-5-7-13(11)20-17-12/h4-7,19H,3,8-10H2,1-2H3,(H,16,18). The first kappa shape index (κ1) is 14.5. The molecule has 0 fully saturated rings. The number of para-hydroxylation sites is 1. The number of fused-ring (bicyclic) bond motifs is 1. The first-order valence-electron chi connectivity index (χ1n) is 6.84. The molecule has 0 saturated carbocycles. The Morgan fingerprint density at radius 1 is 1.45 bits per heavy atom. The summed E-state index contributed by atoms with van der Waals surface area (Å²) in [4.78, 5) is 11.9. The lowest BCUT2D eigenvalue weighted by molar-refractivity contribution is -0.121. The minimum Gasteiger partial charge on any atom is -0.388 e. The van der Waals surface area contributed by atoms with E-state index in [1.165, 1.54) is 0 Å². The number of aromatic nitrogens is 1. The van der Waals surface area contributed by atoms with Gasteiger partial charge in [0.1, 0.15) is 5.69 Å². The van der Waals surface area contributed by atoms with Crippen molar-refractivity contribution in [1.82, 2.24) is 10.5 Å². The summed E-state index contributed by atoms with van der Waals surface area (Å²) in [5.74, 6) is -0.166. The predicted octanol–water partition coefficient (Wildman–Crippen LogP) is 2.04. The molecule has 0 saturated heterocycles. The van der Waals surface area contributed by atoms with Gasteiger partial charge in [0.25, 0.3) is 0 Å². The molecule has 1 heterocycles. The van der Waals surface area contributed by atoms with Crippen molar-refractivity contribution < 1.29 is 14.4 Å². The quantitative estimate of drug-likeness (QED) is 0.846. The van der Waals surface area contributed by atoms with Crippen LogP contribution in [0.5, 0.6) is 0 Å². The Kier molecular flexibility index (Phi) is 4.39.